The third kappa shape index (κ3) is 2.75. The third-order valence-electron chi connectivity index (χ3n) is 3.90. The maximum absolute atomic E-state index is 13.0. The van der Waals surface area contributed by atoms with E-state index in [2.05, 4.69) is 15.3 Å². The molecule has 0 radical (unpaired) electrons. The molecule has 0 amide bonds. The highest BCUT2D eigenvalue weighted by Gasteiger charge is 2.40. The molecule has 1 aliphatic rings. The van der Waals surface area contributed by atoms with Crippen LogP contribution in [0.5, 0.6) is 0 Å². The first-order valence-corrected chi connectivity index (χ1v) is 6.84. The van der Waals surface area contributed by atoms with Crippen molar-refractivity contribution in [2.45, 2.75) is 31.0 Å². The number of nitrogens with zero attached hydrogens (tertiary/aromatic N) is 2. The van der Waals surface area contributed by atoms with Crippen molar-refractivity contribution in [3.8, 4) is 0 Å². The molecule has 0 bridgehead atoms. The van der Waals surface area contributed by atoms with Crippen LogP contribution in [0.15, 0.2) is 36.5 Å². The van der Waals surface area contributed by atoms with E-state index in [1.165, 1.54) is 12.1 Å². The van der Waals surface area contributed by atoms with Gasteiger partial charge in [0.2, 0.25) is 5.95 Å². The summed E-state index contributed by atoms with van der Waals surface area (Å²) < 4.78 is 51.2. The number of halogens is 4. The van der Waals surface area contributed by atoms with Crippen LogP contribution in [0.4, 0.5) is 23.5 Å². The van der Waals surface area contributed by atoms with Gasteiger partial charge in [-0.15, -0.1) is 0 Å². The molecular weight excluding hydrogens is 298 g/mol. The molecule has 0 saturated heterocycles. The summed E-state index contributed by atoms with van der Waals surface area (Å²) in [6, 6.07) is 6.77. The molecule has 2 aromatic rings. The van der Waals surface area contributed by atoms with E-state index in [4.69, 9.17) is 0 Å². The molecule has 1 N–H and O–H groups in total. The highest BCUT2D eigenvalue weighted by atomic mass is 19.4. The van der Waals surface area contributed by atoms with Gasteiger partial charge in [-0.25, -0.2) is 14.4 Å². The van der Waals surface area contributed by atoms with E-state index in [0.29, 0.717) is 0 Å². The van der Waals surface area contributed by atoms with Gasteiger partial charge in [0.15, 0.2) is 0 Å². The topological polar surface area (TPSA) is 37.8 Å². The second kappa shape index (κ2) is 5.23. The Morgan fingerprint density at radius 3 is 2.27 bits per heavy atom. The minimum absolute atomic E-state index is 0.0705. The van der Waals surface area contributed by atoms with Crippen LogP contribution in [-0.4, -0.2) is 9.97 Å². The van der Waals surface area contributed by atoms with Gasteiger partial charge in [-0.3, -0.25) is 0 Å². The third-order valence-corrected chi connectivity index (χ3v) is 3.90. The summed E-state index contributed by atoms with van der Waals surface area (Å²) in [5, 5.41) is 3.00. The van der Waals surface area contributed by atoms with Crippen LogP contribution in [0, 0.1) is 5.82 Å². The summed E-state index contributed by atoms with van der Waals surface area (Å²) in [5.41, 5.74) is -0.697. The first kappa shape index (κ1) is 14.7. The van der Waals surface area contributed by atoms with Gasteiger partial charge in [0.05, 0.1) is 5.54 Å². The molecule has 3 rings (SSSR count). The molecular formula is C15H13F4N3. The maximum Gasteiger partial charge on any atom is 0.433 e. The Hall–Kier alpha value is -2.18. The van der Waals surface area contributed by atoms with E-state index in [0.717, 1.165) is 37.1 Å². The fraction of sp³-hybridized carbons (Fsp3) is 0.333. The summed E-state index contributed by atoms with van der Waals surface area (Å²) in [6.07, 6.45) is -1.03. The second-order valence-corrected chi connectivity index (χ2v) is 5.33. The zero-order chi connectivity index (χ0) is 15.8. The van der Waals surface area contributed by atoms with E-state index in [1.807, 2.05) is 0 Å². The molecule has 1 aromatic carbocycles. The summed E-state index contributed by atoms with van der Waals surface area (Å²) >= 11 is 0. The van der Waals surface area contributed by atoms with Gasteiger partial charge >= 0.3 is 6.18 Å². The molecule has 1 saturated carbocycles. The van der Waals surface area contributed by atoms with Crippen molar-refractivity contribution < 1.29 is 17.6 Å². The largest absolute Gasteiger partial charge is 0.433 e. The number of nitrogens with one attached hydrogen (secondary N) is 1. The van der Waals surface area contributed by atoms with Crippen LogP contribution < -0.4 is 5.32 Å². The van der Waals surface area contributed by atoms with Crippen molar-refractivity contribution in [2.24, 2.45) is 0 Å². The van der Waals surface area contributed by atoms with Crippen molar-refractivity contribution in [1.82, 2.24) is 9.97 Å². The first-order chi connectivity index (χ1) is 10.4. The molecule has 3 nitrogen and oxygen atoms in total. The Bertz CT molecular complexity index is 663. The lowest BCUT2D eigenvalue weighted by Crippen LogP contribution is -2.42. The van der Waals surface area contributed by atoms with Crippen molar-refractivity contribution in [3.63, 3.8) is 0 Å². The predicted molar refractivity (Wildman–Crippen MR) is 72.6 cm³/mol. The van der Waals surface area contributed by atoms with Crippen LogP contribution >= 0.6 is 0 Å². The molecule has 116 valence electrons. The molecule has 0 aliphatic heterocycles. The molecule has 0 atom stereocenters. The standard InChI is InChI=1S/C15H13F4N3/c16-11-4-2-10(3-5-11)14(7-1-8-14)22-13-20-9-6-12(21-13)15(17,18)19/h2-6,9H,1,7-8H2,(H,20,21,22). The van der Waals surface area contributed by atoms with Gasteiger partial charge in [-0.05, 0) is 43.0 Å². The lowest BCUT2D eigenvalue weighted by molar-refractivity contribution is -0.141. The van der Waals surface area contributed by atoms with Crippen LogP contribution in [0.25, 0.3) is 0 Å². The van der Waals surface area contributed by atoms with E-state index < -0.39 is 17.4 Å². The number of hydrogen-bond donors (Lipinski definition) is 1. The van der Waals surface area contributed by atoms with Gasteiger partial charge in [0.25, 0.3) is 0 Å². The van der Waals surface area contributed by atoms with Gasteiger partial charge in [0, 0.05) is 6.20 Å². The van der Waals surface area contributed by atoms with Crippen molar-refractivity contribution in [1.29, 1.82) is 0 Å². The average molecular weight is 311 g/mol. The SMILES string of the molecule is Fc1ccc(C2(Nc3nccc(C(F)(F)F)n3)CCC2)cc1. The van der Waals surface area contributed by atoms with Crippen LogP contribution in [0.1, 0.15) is 30.5 Å². The summed E-state index contributed by atoms with van der Waals surface area (Å²) in [6.45, 7) is 0. The monoisotopic (exact) mass is 311 g/mol. The fourth-order valence-electron chi connectivity index (χ4n) is 2.58. The number of aromatic nitrogens is 2. The molecule has 22 heavy (non-hydrogen) atoms. The molecule has 1 heterocycles. The number of anilines is 1. The quantitative estimate of drug-likeness (QED) is 0.866. The van der Waals surface area contributed by atoms with E-state index in [9.17, 15) is 17.6 Å². The van der Waals surface area contributed by atoms with Crippen molar-refractivity contribution >= 4 is 5.95 Å². The Morgan fingerprint density at radius 1 is 1.05 bits per heavy atom. The molecule has 1 aliphatic carbocycles. The number of benzene rings is 1. The zero-order valence-electron chi connectivity index (χ0n) is 11.5. The summed E-state index contributed by atoms with van der Waals surface area (Å²) in [5.74, 6) is -0.424. The fourth-order valence-corrected chi connectivity index (χ4v) is 2.58. The minimum atomic E-state index is -4.51. The van der Waals surface area contributed by atoms with Crippen LogP contribution in [0.2, 0.25) is 0 Å². The molecule has 1 fully saturated rings. The first-order valence-electron chi connectivity index (χ1n) is 6.84. The van der Waals surface area contributed by atoms with Gasteiger partial charge < -0.3 is 5.32 Å². The lowest BCUT2D eigenvalue weighted by Gasteiger charge is -2.43. The predicted octanol–water partition coefficient (Wildman–Crippen LogP) is 4.13. The molecule has 1 aromatic heterocycles. The van der Waals surface area contributed by atoms with Gasteiger partial charge in [-0.1, -0.05) is 12.1 Å². The van der Waals surface area contributed by atoms with Crippen LogP contribution in [-0.2, 0) is 11.7 Å². The van der Waals surface area contributed by atoms with Gasteiger partial charge in [0.1, 0.15) is 11.5 Å². The highest BCUT2D eigenvalue weighted by Crippen LogP contribution is 2.43. The smallest absolute Gasteiger partial charge is 0.345 e. The van der Waals surface area contributed by atoms with Crippen molar-refractivity contribution in [3.05, 3.63) is 53.6 Å². The van der Waals surface area contributed by atoms with Crippen LogP contribution in [0.3, 0.4) is 0 Å². The highest BCUT2D eigenvalue weighted by molar-refractivity contribution is 5.39. The lowest BCUT2D eigenvalue weighted by atomic mass is 9.72. The zero-order valence-corrected chi connectivity index (χ0v) is 11.5. The Kier molecular flexibility index (Phi) is 3.50. The average Bonchev–Trinajstić information content (AvgIpc) is 2.43. The minimum Gasteiger partial charge on any atom is -0.345 e. The molecule has 0 unspecified atom stereocenters. The Balaban J connectivity index is 1.89. The Labute approximate surface area is 124 Å². The number of hydrogen-bond acceptors (Lipinski definition) is 3. The molecule has 7 heteroatoms. The number of alkyl halides is 3. The second-order valence-electron chi connectivity index (χ2n) is 5.33. The van der Waals surface area contributed by atoms with Crippen molar-refractivity contribution in [2.75, 3.05) is 5.32 Å². The van der Waals surface area contributed by atoms with E-state index in [-0.39, 0.29) is 11.8 Å². The van der Waals surface area contributed by atoms with E-state index in [1.54, 1.807) is 12.1 Å². The number of rotatable bonds is 3. The van der Waals surface area contributed by atoms with Gasteiger partial charge in [-0.2, -0.15) is 13.2 Å². The summed E-state index contributed by atoms with van der Waals surface area (Å²) in [4.78, 5) is 7.40. The maximum atomic E-state index is 13.0. The summed E-state index contributed by atoms with van der Waals surface area (Å²) in [7, 11) is 0. The normalized spacial score (nSPS) is 16.9. The Morgan fingerprint density at radius 2 is 1.73 bits per heavy atom. The van der Waals surface area contributed by atoms with E-state index >= 15 is 0 Å². The molecule has 0 spiro atoms.